The van der Waals surface area contributed by atoms with E-state index in [1.54, 1.807) is 0 Å². The molecule has 2 amide bonds. The van der Waals surface area contributed by atoms with Gasteiger partial charge in [-0.3, -0.25) is 0 Å². The SMILES string of the molecule is O=C1OC(=O)N(C(=O)O)[C@H]1CCc1ccccc1. The average Bonchev–Trinajstić information content (AvgIpc) is 2.62. The van der Waals surface area contributed by atoms with Gasteiger partial charge < -0.3 is 9.84 Å². The van der Waals surface area contributed by atoms with Crippen LogP contribution in [0.4, 0.5) is 9.59 Å². The first-order chi connectivity index (χ1) is 8.59. The zero-order valence-corrected chi connectivity index (χ0v) is 9.41. The minimum absolute atomic E-state index is 0.223. The van der Waals surface area contributed by atoms with Gasteiger partial charge in [0.1, 0.15) is 6.04 Å². The van der Waals surface area contributed by atoms with E-state index in [0.29, 0.717) is 11.3 Å². The Morgan fingerprint density at radius 3 is 2.56 bits per heavy atom. The molecule has 0 saturated carbocycles. The van der Waals surface area contributed by atoms with E-state index in [1.807, 2.05) is 30.3 Å². The molecule has 0 radical (unpaired) electrons. The highest BCUT2D eigenvalue weighted by molar-refractivity contribution is 6.03. The number of cyclic esters (lactones) is 2. The second-order valence-corrected chi connectivity index (χ2v) is 3.88. The number of imide groups is 1. The molecule has 1 saturated heterocycles. The summed E-state index contributed by atoms with van der Waals surface area (Å²) in [6.07, 6.45) is -1.87. The van der Waals surface area contributed by atoms with Crippen molar-refractivity contribution >= 4 is 18.2 Å². The number of nitrogens with zero attached hydrogens (tertiary/aromatic N) is 1. The van der Waals surface area contributed by atoms with Crippen molar-refractivity contribution in [2.24, 2.45) is 0 Å². The number of carboxylic acid groups (broad SMARTS) is 1. The molecule has 1 aromatic carbocycles. The highest BCUT2D eigenvalue weighted by Crippen LogP contribution is 2.19. The summed E-state index contributed by atoms with van der Waals surface area (Å²) in [4.78, 5) is 33.8. The number of hydrogen-bond donors (Lipinski definition) is 1. The van der Waals surface area contributed by atoms with Crippen LogP contribution in [0, 0.1) is 0 Å². The summed E-state index contributed by atoms with van der Waals surface area (Å²) < 4.78 is 4.30. The highest BCUT2D eigenvalue weighted by Gasteiger charge is 2.44. The van der Waals surface area contributed by atoms with Crippen LogP contribution in [0.5, 0.6) is 0 Å². The second kappa shape index (κ2) is 4.87. The molecule has 6 heteroatoms. The van der Waals surface area contributed by atoms with Gasteiger partial charge in [-0.05, 0) is 18.4 Å². The fourth-order valence-corrected chi connectivity index (χ4v) is 1.84. The molecule has 1 aromatic rings. The Morgan fingerprint density at radius 2 is 1.94 bits per heavy atom. The van der Waals surface area contributed by atoms with Crippen LogP contribution in [0.2, 0.25) is 0 Å². The van der Waals surface area contributed by atoms with Crippen LogP contribution in [0.15, 0.2) is 30.3 Å². The Bertz CT molecular complexity index is 485. The summed E-state index contributed by atoms with van der Waals surface area (Å²) in [5.41, 5.74) is 0.968. The van der Waals surface area contributed by atoms with Crippen LogP contribution >= 0.6 is 0 Å². The third-order valence-electron chi connectivity index (χ3n) is 2.72. The zero-order valence-electron chi connectivity index (χ0n) is 9.41. The summed E-state index contributed by atoms with van der Waals surface area (Å²) in [5.74, 6) is -0.807. The van der Waals surface area contributed by atoms with Gasteiger partial charge in [0, 0.05) is 0 Å². The van der Waals surface area contributed by atoms with Crippen molar-refractivity contribution in [3.05, 3.63) is 35.9 Å². The first-order valence-electron chi connectivity index (χ1n) is 5.41. The molecule has 1 fully saturated rings. The number of ether oxygens (including phenoxy) is 1. The first-order valence-corrected chi connectivity index (χ1v) is 5.41. The third-order valence-corrected chi connectivity index (χ3v) is 2.72. The predicted octanol–water partition coefficient (Wildman–Crippen LogP) is 1.64. The molecule has 94 valence electrons. The van der Waals surface area contributed by atoms with Crippen molar-refractivity contribution < 1.29 is 24.2 Å². The van der Waals surface area contributed by atoms with E-state index in [0.717, 1.165) is 5.56 Å². The average molecular weight is 249 g/mol. The lowest BCUT2D eigenvalue weighted by Gasteiger charge is -2.14. The van der Waals surface area contributed by atoms with E-state index in [2.05, 4.69) is 4.74 Å². The number of aryl methyl sites for hydroxylation is 1. The summed E-state index contributed by atoms with van der Waals surface area (Å²) >= 11 is 0. The van der Waals surface area contributed by atoms with Gasteiger partial charge in [-0.1, -0.05) is 30.3 Å². The maximum absolute atomic E-state index is 11.4. The van der Waals surface area contributed by atoms with E-state index in [4.69, 9.17) is 5.11 Å². The fraction of sp³-hybridized carbons (Fsp3) is 0.250. The Kier molecular flexibility index (Phi) is 3.27. The second-order valence-electron chi connectivity index (χ2n) is 3.88. The highest BCUT2D eigenvalue weighted by atomic mass is 16.6. The molecule has 18 heavy (non-hydrogen) atoms. The number of carbonyl (C=O) groups is 3. The van der Waals surface area contributed by atoms with E-state index < -0.39 is 24.2 Å². The quantitative estimate of drug-likeness (QED) is 0.650. The Labute approximate surface area is 103 Å². The molecule has 0 aliphatic carbocycles. The van der Waals surface area contributed by atoms with E-state index in [9.17, 15) is 14.4 Å². The Hall–Kier alpha value is -2.37. The van der Waals surface area contributed by atoms with E-state index in [1.165, 1.54) is 0 Å². The number of rotatable bonds is 3. The van der Waals surface area contributed by atoms with Gasteiger partial charge in [-0.25, -0.2) is 14.4 Å². The van der Waals surface area contributed by atoms with Crippen LogP contribution in [0.1, 0.15) is 12.0 Å². The standard InChI is InChI=1S/C12H11NO5/c14-10-9(13(11(15)16)12(17)18-10)7-6-8-4-2-1-3-5-8/h1-5,9H,6-7H2,(H,15,16)/t9-/m0/s1. The van der Waals surface area contributed by atoms with Gasteiger partial charge in [-0.15, -0.1) is 0 Å². The molecule has 1 atom stereocenters. The van der Waals surface area contributed by atoms with Gasteiger partial charge >= 0.3 is 18.2 Å². The van der Waals surface area contributed by atoms with Crippen molar-refractivity contribution in [2.75, 3.05) is 0 Å². The molecule has 0 spiro atoms. The maximum Gasteiger partial charge on any atom is 0.427 e. The number of esters is 1. The van der Waals surface area contributed by atoms with Crippen LogP contribution in [0.25, 0.3) is 0 Å². The van der Waals surface area contributed by atoms with Crippen molar-refractivity contribution in [3.63, 3.8) is 0 Å². The lowest BCUT2D eigenvalue weighted by Crippen LogP contribution is -2.39. The van der Waals surface area contributed by atoms with Gasteiger partial charge in [0.2, 0.25) is 0 Å². The van der Waals surface area contributed by atoms with Crippen LogP contribution < -0.4 is 0 Å². The summed E-state index contributed by atoms with van der Waals surface area (Å²) in [5, 5.41) is 8.84. The largest absolute Gasteiger partial charge is 0.464 e. The first kappa shape index (κ1) is 12.1. The minimum atomic E-state index is -1.47. The predicted molar refractivity (Wildman–Crippen MR) is 59.9 cm³/mol. The smallest absolute Gasteiger partial charge is 0.427 e. The molecule has 1 aliphatic rings. The number of carbonyl (C=O) groups excluding carboxylic acids is 2. The monoisotopic (exact) mass is 249 g/mol. The molecule has 0 aromatic heterocycles. The fourth-order valence-electron chi connectivity index (χ4n) is 1.84. The lowest BCUT2D eigenvalue weighted by atomic mass is 10.1. The zero-order chi connectivity index (χ0) is 13.1. The van der Waals surface area contributed by atoms with E-state index in [-0.39, 0.29) is 6.42 Å². The normalized spacial score (nSPS) is 18.9. The topological polar surface area (TPSA) is 83.9 Å². The molecule has 2 rings (SSSR count). The van der Waals surface area contributed by atoms with Gasteiger partial charge in [0.15, 0.2) is 0 Å². The molecule has 6 nitrogen and oxygen atoms in total. The van der Waals surface area contributed by atoms with Crippen molar-refractivity contribution in [1.29, 1.82) is 0 Å². The van der Waals surface area contributed by atoms with Gasteiger partial charge in [0.05, 0.1) is 0 Å². The van der Waals surface area contributed by atoms with Crippen molar-refractivity contribution in [3.8, 4) is 0 Å². The third kappa shape index (κ3) is 2.32. The summed E-state index contributed by atoms with van der Waals surface area (Å²) in [6, 6.07) is 8.25. The Morgan fingerprint density at radius 1 is 1.28 bits per heavy atom. The van der Waals surface area contributed by atoms with Crippen LogP contribution in [0.3, 0.4) is 0 Å². The number of benzene rings is 1. The molecular formula is C12H11NO5. The van der Waals surface area contributed by atoms with Gasteiger partial charge in [0.25, 0.3) is 0 Å². The lowest BCUT2D eigenvalue weighted by molar-refractivity contribution is -0.135. The minimum Gasteiger partial charge on any atom is -0.464 e. The number of amides is 2. The molecule has 0 unspecified atom stereocenters. The molecular weight excluding hydrogens is 238 g/mol. The van der Waals surface area contributed by atoms with Gasteiger partial charge in [-0.2, -0.15) is 4.90 Å². The molecule has 1 heterocycles. The summed E-state index contributed by atoms with van der Waals surface area (Å²) in [6.45, 7) is 0. The maximum atomic E-state index is 11.4. The summed E-state index contributed by atoms with van der Waals surface area (Å²) in [7, 11) is 0. The van der Waals surface area contributed by atoms with Crippen LogP contribution in [-0.2, 0) is 16.0 Å². The van der Waals surface area contributed by atoms with Crippen LogP contribution in [-0.4, -0.2) is 34.2 Å². The van der Waals surface area contributed by atoms with Crippen molar-refractivity contribution in [2.45, 2.75) is 18.9 Å². The number of hydrogen-bond acceptors (Lipinski definition) is 4. The molecule has 1 aliphatic heterocycles. The molecule has 0 bridgehead atoms. The van der Waals surface area contributed by atoms with Crippen molar-refractivity contribution in [1.82, 2.24) is 4.90 Å². The Balaban J connectivity index is 2.05. The molecule has 1 N–H and O–H groups in total. The van der Waals surface area contributed by atoms with E-state index >= 15 is 0 Å².